The van der Waals surface area contributed by atoms with Gasteiger partial charge in [0.2, 0.25) is 0 Å². The lowest BCUT2D eigenvalue weighted by atomic mass is 10.1. The number of hydrogen-bond donors (Lipinski definition) is 0. The minimum absolute atomic E-state index is 0.266. The largest absolute Gasteiger partial charge is 0.355 e. The summed E-state index contributed by atoms with van der Waals surface area (Å²) < 4.78 is 2.67. The van der Waals surface area contributed by atoms with Gasteiger partial charge >= 0.3 is 5.69 Å². The van der Waals surface area contributed by atoms with Crippen molar-refractivity contribution >= 4 is 5.82 Å². The molecular formula is C20H25N5O2. The van der Waals surface area contributed by atoms with E-state index >= 15 is 0 Å². The molecule has 0 unspecified atom stereocenters. The number of benzene rings is 1. The molecule has 0 aliphatic carbocycles. The van der Waals surface area contributed by atoms with Crippen LogP contribution in [0.15, 0.2) is 39.9 Å². The molecule has 3 rings (SSSR count). The van der Waals surface area contributed by atoms with E-state index < -0.39 is 0 Å². The fraction of sp³-hybridized carbons (Fsp3) is 0.450. The molecule has 0 amide bonds. The first-order valence-corrected chi connectivity index (χ1v) is 9.23. The lowest BCUT2D eigenvalue weighted by Crippen LogP contribution is -2.49. The second kappa shape index (κ2) is 8.23. The van der Waals surface area contributed by atoms with Crippen LogP contribution in [0.25, 0.3) is 0 Å². The third-order valence-electron chi connectivity index (χ3n) is 5.22. The van der Waals surface area contributed by atoms with E-state index in [2.05, 4.69) is 15.9 Å². The molecule has 0 N–H and O–H groups in total. The van der Waals surface area contributed by atoms with Crippen molar-refractivity contribution in [2.75, 3.05) is 37.6 Å². The van der Waals surface area contributed by atoms with Crippen LogP contribution in [0.3, 0.4) is 0 Å². The molecule has 1 saturated heterocycles. The van der Waals surface area contributed by atoms with Crippen LogP contribution in [0.1, 0.15) is 17.5 Å². The van der Waals surface area contributed by atoms with Crippen LogP contribution in [-0.4, -0.2) is 46.8 Å². The van der Waals surface area contributed by atoms with E-state index in [9.17, 15) is 9.59 Å². The van der Waals surface area contributed by atoms with Gasteiger partial charge in [-0.05, 0) is 37.1 Å². The van der Waals surface area contributed by atoms with Crippen LogP contribution in [-0.2, 0) is 20.5 Å². The van der Waals surface area contributed by atoms with Crippen molar-refractivity contribution in [1.82, 2.24) is 14.0 Å². The maximum absolute atomic E-state index is 12.1. The molecule has 0 bridgehead atoms. The molecule has 0 spiro atoms. The molecular weight excluding hydrogens is 342 g/mol. The van der Waals surface area contributed by atoms with E-state index in [1.807, 2.05) is 24.3 Å². The molecule has 1 aliphatic heterocycles. The second-order valence-corrected chi connectivity index (χ2v) is 6.98. The number of nitriles is 1. The Morgan fingerprint density at radius 2 is 1.67 bits per heavy atom. The molecule has 2 heterocycles. The Balaban J connectivity index is 1.51. The van der Waals surface area contributed by atoms with Crippen molar-refractivity contribution in [3.63, 3.8) is 0 Å². The Kier molecular flexibility index (Phi) is 5.77. The number of nitrogens with zero attached hydrogens (tertiary/aromatic N) is 5. The van der Waals surface area contributed by atoms with Gasteiger partial charge < -0.3 is 4.90 Å². The van der Waals surface area contributed by atoms with Gasteiger partial charge in [0.1, 0.15) is 5.82 Å². The zero-order valence-electron chi connectivity index (χ0n) is 15.9. The monoisotopic (exact) mass is 367 g/mol. The van der Waals surface area contributed by atoms with Crippen molar-refractivity contribution < 1.29 is 0 Å². The third kappa shape index (κ3) is 4.29. The SMILES string of the molecule is Cn1c(N2CCN(CCCc3ccc(C#N)cc3)CC2)cc(=O)n(C)c1=O. The Morgan fingerprint density at radius 3 is 2.30 bits per heavy atom. The Hall–Kier alpha value is -2.85. The van der Waals surface area contributed by atoms with E-state index in [1.165, 1.54) is 12.6 Å². The minimum Gasteiger partial charge on any atom is -0.355 e. The van der Waals surface area contributed by atoms with Crippen molar-refractivity contribution in [1.29, 1.82) is 5.26 Å². The van der Waals surface area contributed by atoms with Crippen molar-refractivity contribution in [2.45, 2.75) is 12.8 Å². The first-order valence-electron chi connectivity index (χ1n) is 9.23. The lowest BCUT2D eigenvalue weighted by molar-refractivity contribution is 0.253. The molecule has 7 nitrogen and oxygen atoms in total. The molecule has 142 valence electrons. The normalized spacial score (nSPS) is 14.9. The summed E-state index contributed by atoms with van der Waals surface area (Å²) in [4.78, 5) is 28.6. The van der Waals surface area contributed by atoms with E-state index in [-0.39, 0.29) is 11.2 Å². The van der Waals surface area contributed by atoms with Gasteiger partial charge in [-0.1, -0.05) is 12.1 Å². The predicted molar refractivity (Wildman–Crippen MR) is 105 cm³/mol. The van der Waals surface area contributed by atoms with Gasteiger partial charge in [-0.15, -0.1) is 0 Å². The van der Waals surface area contributed by atoms with Crippen LogP contribution >= 0.6 is 0 Å². The summed E-state index contributed by atoms with van der Waals surface area (Å²) in [5.41, 5.74) is 1.39. The van der Waals surface area contributed by atoms with Gasteiger partial charge in [-0.2, -0.15) is 5.26 Å². The van der Waals surface area contributed by atoms with E-state index in [0.717, 1.165) is 50.1 Å². The second-order valence-electron chi connectivity index (χ2n) is 6.98. The summed E-state index contributed by atoms with van der Waals surface area (Å²) in [5.74, 6) is 0.695. The standard InChI is InChI=1S/C20H25N5O2/c1-22-18(14-19(26)23(2)20(22)27)25-12-10-24(11-13-25)9-3-4-16-5-7-17(15-21)8-6-16/h5-8,14H,3-4,9-13H2,1-2H3. The molecule has 2 aromatic rings. The topological polar surface area (TPSA) is 74.3 Å². The quantitative estimate of drug-likeness (QED) is 0.778. The number of piperazine rings is 1. The highest BCUT2D eigenvalue weighted by molar-refractivity contribution is 5.39. The van der Waals surface area contributed by atoms with Crippen molar-refractivity contribution in [2.24, 2.45) is 14.1 Å². The summed E-state index contributed by atoms with van der Waals surface area (Å²) in [6.45, 7) is 4.45. The highest BCUT2D eigenvalue weighted by Crippen LogP contribution is 2.13. The predicted octanol–water partition coefficient (Wildman–Crippen LogP) is 0.710. The summed E-state index contributed by atoms with van der Waals surface area (Å²) in [7, 11) is 3.21. The first kappa shape index (κ1) is 18.9. The smallest absolute Gasteiger partial charge is 0.332 e. The maximum atomic E-state index is 12.1. The molecule has 7 heteroatoms. The summed E-state index contributed by atoms with van der Waals surface area (Å²) in [5, 5.41) is 8.84. The first-order chi connectivity index (χ1) is 13.0. The van der Waals surface area contributed by atoms with E-state index in [0.29, 0.717) is 11.4 Å². The average molecular weight is 367 g/mol. The molecule has 0 saturated carbocycles. The number of aromatic nitrogens is 2. The molecule has 1 aromatic heterocycles. The average Bonchev–Trinajstić information content (AvgIpc) is 2.70. The Labute approximate surface area is 158 Å². The zero-order valence-corrected chi connectivity index (χ0v) is 15.9. The van der Waals surface area contributed by atoms with Crippen LogP contribution in [0.4, 0.5) is 5.82 Å². The summed E-state index contributed by atoms with van der Waals surface area (Å²) >= 11 is 0. The molecule has 1 aliphatic rings. The minimum atomic E-state index is -0.289. The number of anilines is 1. The Morgan fingerprint density at radius 1 is 1.00 bits per heavy atom. The highest BCUT2D eigenvalue weighted by atomic mass is 16.2. The fourth-order valence-electron chi connectivity index (χ4n) is 3.48. The van der Waals surface area contributed by atoms with Gasteiger partial charge in [0.25, 0.3) is 5.56 Å². The Bertz CT molecular complexity index is 944. The lowest BCUT2D eigenvalue weighted by Gasteiger charge is -2.36. The van der Waals surface area contributed by atoms with Gasteiger partial charge in [-0.3, -0.25) is 18.8 Å². The van der Waals surface area contributed by atoms with Crippen molar-refractivity contribution in [3.8, 4) is 6.07 Å². The van der Waals surface area contributed by atoms with E-state index in [4.69, 9.17) is 5.26 Å². The molecule has 1 aromatic carbocycles. The number of hydrogen-bond acceptors (Lipinski definition) is 5. The fourth-order valence-corrected chi connectivity index (χ4v) is 3.48. The van der Waals surface area contributed by atoms with E-state index in [1.54, 1.807) is 17.7 Å². The highest BCUT2D eigenvalue weighted by Gasteiger charge is 2.19. The molecule has 0 radical (unpaired) electrons. The molecule has 0 atom stereocenters. The van der Waals surface area contributed by atoms with Crippen molar-refractivity contribution in [3.05, 3.63) is 62.3 Å². The van der Waals surface area contributed by atoms with Gasteiger partial charge in [0, 0.05) is 46.3 Å². The molecule has 1 fully saturated rings. The maximum Gasteiger partial charge on any atom is 0.332 e. The third-order valence-corrected chi connectivity index (χ3v) is 5.22. The van der Waals surface area contributed by atoms with Crippen LogP contribution in [0.2, 0.25) is 0 Å². The number of rotatable bonds is 5. The van der Waals surface area contributed by atoms with Gasteiger partial charge in [0.15, 0.2) is 0 Å². The van der Waals surface area contributed by atoms with Crippen LogP contribution in [0.5, 0.6) is 0 Å². The van der Waals surface area contributed by atoms with Gasteiger partial charge in [0.05, 0.1) is 11.6 Å². The van der Waals surface area contributed by atoms with Crippen LogP contribution in [0, 0.1) is 11.3 Å². The van der Waals surface area contributed by atoms with Crippen LogP contribution < -0.4 is 16.1 Å². The number of aryl methyl sites for hydroxylation is 1. The summed E-state index contributed by atoms with van der Waals surface area (Å²) in [6, 6.07) is 11.5. The molecule has 27 heavy (non-hydrogen) atoms. The summed E-state index contributed by atoms with van der Waals surface area (Å²) in [6.07, 6.45) is 2.06. The zero-order chi connectivity index (χ0) is 19.4. The van der Waals surface area contributed by atoms with Gasteiger partial charge in [-0.25, -0.2) is 4.79 Å².